The summed E-state index contributed by atoms with van der Waals surface area (Å²) in [5.41, 5.74) is 2.11. The van der Waals surface area contributed by atoms with Gasteiger partial charge in [-0.1, -0.05) is 42.0 Å². The molecule has 0 amide bonds. The molecule has 1 aliphatic carbocycles. The number of aryl methyl sites for hydroxylation is 1. The van der Waals surface area contributed by atoms with E-state index in [1.165, 1.54) is 19.4 Å². The van der Waals surface area contributed by atoms with E-state index in [2.05, 4.69) is 49.4 Å². The van der Waals surface area contributed by atoms with Crippen LogP contribution in [0.4, 0.5) is 0 Å². The van der Waals surface area contributed by atoms with Gasteiger partial charge in [0.05, 0.1) is 6.61 Å². The molecule has 0 fully saturated rings. The van der Waals surface area contributed by atoms with E-state index in [-0.39, 0.29) is 0 Å². The molecular formula is C27H28O5. The Labute approximate surface area is 189 Å². The molecule has 0 atom stereocenters. The summed E-state index contributed by atoms with van der Waals surface area (Å²) in [6.07, 6.45) is 14.1. The fraction of sp³-hybridized carbons (Fsp3) is 0.296. The number of carbonyl (C=O) groups is 1. The van der Waals surface area contributed by atoms with Crippen LogP contribution >= 0.6 is 0 Å². The number of allylic oxidation sites excluding steroid dienone is 6. The molecule has 32 heavy (non-hydrogen) atoms. The van der Waals surface area contributed by atoms with Gasteiger partial charge in [0.15, 0.2) is 11.5 Å². The maximum atomic E-state index is 11.1. The van der Waals surface area contributed by atoms with E-state index < -0.39 is 11.6 Å². The Morgan fingerprint density at radius 3 is 2.69 bits per heavy atom. The first kappa shape index (κ1) is 23.0. The number of furan rings is 1. The average molecular weight is 433 g/mol. The van der Waals surface area contributed by atoms with Crippen LogP contribution in [0.1, 0.15) is 50.7 Å². The second kappa shape index (κ2) is 10.1. The van der Waals surface area contributed by atoms with Crippen molar-refractivity contribution in [3.05, 3.63) is 83.4 Å². The fourth-order valence-corrected chi connectivity index (χ4v) is 3.00. The van der Waals surface area contributed by atoms with Gasteiger partial charge in [-0.15, -0.1) is 0 Å². The third-order valence-corrected chi connectivity index (χ3v) is 4.95. The highest BCUT2D eigenvalue weighted by molar-refractivity contribution is 5.76. The molecule has 0 saturated heterocycles. The van der Waals surface area contributed by atoms with E-state index in [1.807, 2.05) is 19.1 Å². The van der Waals surface area contributed by atoms with E-state index in [1.54, 1.807) is 12.1 Å². The van der Waals surface area contributed by atoms with Crippen molar-refractivity contribution >= 4 is 17.6 Å². The average Bonchev–Trinajstić information content (AvgIpc) is 2.96. The Morgan fingerprint density at radius 2 is 1.97 bits per heavy atom. The van der Waals surface area contributed by atoms with Crippen LogP contribution in [-0.4, -0.2) is 23.3 Å². The summed E-state index contributed by atoms with van der Waals surface area (Å²) < 4.78 is 17.0. The van der Waals surface area contributed by atoms with Crippen LogP contribution in [0.15, 0.2) is 58.6 Å². The molecule has 1 N–H and O–H groups in total. The molecule has 0 bridgehead atoms. The zero-order valence-corrected chi connectivity index (χ0v) is 18.9. The lowest BCUT2D eigenvalue weighted by atomic mass is 10.1. The van der Waals surface area contributed by atoms with Gasteiger partial charge in [-0.3, -0.25) is 0 Å². The lowest BCUT2D eigenvalue weighted by Gasteiger charge is -2.20. The summed E-state index contributed by atoms with van der Waals surface area (Å²) in [6, 6.07) is 11.0. The van der Waals surface area contributed by atoms with Gasteiger partial charge in [-0.25, -0.2) is 4.79 Å². The molecular weight excluding hydrogens is 404 g/mol. The molecule has 1 aromatic carbocycles. The number of hydrogen-bond acceptors (Lipinski definition) is 4. The molecule has 1 aromatic heterocycles. The third-order valence-electron chi connectivity index (χ3n) is 4.95. The predicted octanol–water partition coefficient (Wildman–Crippen LogP) is 6.20. The monoisotopic (exact) mass is 432 g/mol. The second-order valence-electron chi connectivity index (χ2n) is 8.10. The highest BCUT2D eigenvalue weighted by Gasteiger charge is 2.29. The Morgan fingerprint density at radius 1 is 1.22 bits per heavy atom. The van der Waals surface area contributed by atoms with Crippen LogP contribution in [0.5, 0.6) is 11.5 Å². The molecule has 5 heteroatoms. The van der Waals surface area contributed by atoms with Crippen molar-refractivity contribution in [3.63, 3.8) is 0 Å². The van der Waals surface area contributed by atoms with Crippen LogP contribution < -0.4 is 9.47 Å². The van der Waals surface area contributed by atoms with Crippen molar-refractivity contribution in [2.24, 2.45) is 0 Å². The molecule has 0 aliphatic heterocycles. The lowest BCUT2D eigenvalue weighted by molar-refractivity contribution is -0.152. The maximum absolute atomic E-state index is 11.1. The fourth-order valence-electron chi connectivity index (χ4n) is 3.00. The van der Waals surface area contributed by atoms with Gasteiger partial charge >= 0.3 is 5.97 Å². The third kappa shape index (κ3) is 6.18. The van der Waals surface area contributed by atoms with Crippen LogP contribution in [0.2, 0.25) is 0 Å². The minimum atomic E-state index is -1.33. The highest BCUT2D eigenvalue weighted by Crippen LogP contribution is 2.27. The topological polar surface area (TPSA) is 68.9 Å². The number of carboxylic acids is 1. The van der Waals surface area contributed by atoms with E-state index in [0.717, 1.165) is 29.1 Å². The smallest absolute Gasteiger partial charge is 0.347 e. The summed E-state index contributed by atoms with van der Waals surface area (Å²) in [6.45, 7) is 7.48. The van der Waals surface area contributed by atoms with Crippen LogP contribution in [-0.2, 0) is 4.79 Å². The minimum absolute atomic E-state index is 0.306. The molecule has 0 saturated carbocycles. The number of carboxylic acid groups (broad SMARTS) is 1. The Balaban J connectivity index is 1.50. The van der Waals surface area contributed by atoms with Crippen molar-refractivity contribution in [1.82, 2.24) is 0 Å². The molecule has 2 aromatic rings. The van der Waals surface area contributed by atoms with Crippen molar-refractivity contribution < 1.29 is 23.8 Å². The Kier molecular flexibility index (Phi) is 7.27. The molecule has 166 valence electrons. The van der Waals surface area contributed by atoms with Crippen LogP contribution in [0.25, 0.3) is 11.6 Å². The number of aliphatic carboxylic acids is 1. The van der Waals surface area contributed by atoms with Gasteiger partial charge in [0.2, 0.25) is 5.60 Å². The van der Waals surface area contributed by atoms with Crippen LogP contribution in [0, 0.1) is 19.1 Å². The Hall–Kier alpha value is -3.65. The maximum Gasteiger partial charge on any atom is 0.347 e. The molecule has 3 rings (SSSR count). The first-order valence-corrected chi connectivity index (χ1v) is 10.5. The van der Waals surface area contributed by atoms with Crippen molar-refractivity contribution in [2.75, 3.05) is 6.61 Å². The molecule has 1 heterocycles. The lowest BCUT2D eigenvalue weighted by Crippen LogP contribution is -2.37. The second-order valence-corrected chi connectivity index (χ2v) is 8.10. The highest BCUT2D eigenvalue weighted by atomic mass is 16.5. The van der Waals surface area contributed by atoms with Gasteiger partial charge in [0.1, 0.15) is 11.5 Å². The van der Waals surface area contributed by atoms with Gasteiger partial charge in [0.25, 0.3) is 0 Å². The summed E-state index contributed by atoms with van der Waals surface area (Å²) in [5, 5.41) is 9.12. The normalized spacial score (nSPS) is 13.9. The number of ether oxygens (including phenoxy) is 2. The largest absolute Gasteiger partial charge is 0.485 e. The zero-order chi connectivity index (χ0) is 23.1. The minimum Gasteiger partial charge on any atom is -0.485 e. The van der Waals surface area contributed by atoms with Gasteiger partial charge in [-0.2, -0.15) is 0 Å². The number of hydrogen-bond donors (Lipinski definition) is 1. The van der Waals surface area contributed by atoms with E-state index in [0.29, 0.717) is 24.5 Å². The van der Waals surface area contributed by atoms with Crippen molar-refractivity contribution in [1.29, 1.82) is 0 Å². The molecule has 1 aliphatic rings. The van der Waals surface area contributed by atoms with Gasteiger partial charge < -0.3 is 19.0 Å². The Bertz CT molecular complexity index is 1060. The predicted molar refractivity (Wildman–Crippen MR) is 125 cm³/mol. The molecule has 0 spiro atoms. The quantitative estimate of drug-likeness (QED) is 0.478. The molecule has 0 radical (unpaired) electrons. The molecule has 5 nitrogen and oxygen atoms in total. The van der Waals surface area contributed by atoms with E-state index in [4.69, 9.17) is 19.0 Å². The van der Waals surface area contributed by atoms with E-state index in [9.17, 15) is 4.79 Å². The first-order valence-electron chi connectivity index (χ1n) is 10.5. The van der Waals surface area contributed by atoms with Crippen molar-refractivity contribution in [3.8, 4) is 11.5 Å². The molecule has 0 unspecified atom stereocenters. The van der Waals surface area contributed by atoms with Gasteiger partial charge in [0, 0.05) is 5.56 Å². The summed E-state index contributed by atoms with van der Waals surface area (Å²) in [5.74, 6) is 1.56. The standard InChI is InChI=1S/C27H28O5/c1-19-8-7-10-21(12-11-19)25-18-22(20(2)31-25)9-5-6-17-30-23-13-15-24(16-14-23)32-27(3,4)26(28)29/h5,7-9,11-13,15,18H,6,10,17H2,1-4H3,(H,28,29)/b9-5+. The zero-order valence-electron chi connectivity index (χ0n) is 18.9. The number of rotatable bonds is 9. The summed E-state index contributed by atoms with van der Waals surface area (Å²) >= 11 is 0. The van der Waals surface area contributed by atoms with E-state index >= 15 is 0 Å². The van der Waals surface area contributed by atoms with Crippen LogP contribution in [0.3, 0.4) is 0 Å². The first-order chi connectivity index (χ1) is 15.2. The van der Waals surface area contributed by atoms with Gasteiger partial charge in [-0.05, 0) is 76.4 Å². The van der Waals surface area contributed by atoms with Crippen molar-refractivity contribution in [2.45, 2.75) is 46.1 Å². The summed E-state index contributed by atoms with van der Waals surface area (Å²) in [7, 11) is 0. The SMILES string of the molecule is CC1=CC=C(c2cc(/C=C/CCOc3c#cc(OC(C)(C)C(=O)O)cc3)c(C)o2)CC=C1. The summed E-state index contributed by atoms with van der Waals surface area (Å²) in [4.78, 5) is 11.1.